The molecule has 0 heterocycles. The third kappa shape index (κ3) is 9.17. The predicted molar refractivity (Wildman–Crippen MR) is 102 cm³/mol. The number of hydrogen-bond acceptors (Lipinski definition) is 5. The summed E-state index contributed by atoms with van der Waals surface area (Å²) in [5, 5.41) is 2.84. The molecule has 0 aromatic carbocycles. The Balaban J connectivity index is 4.68. The minimum absolute atomic E-state index is 0.423. The first-order valence-electron chi connectivity index (χ1n) is 9.10. The smallest absolute Gasteiger partial charge is 0.442 e. The molecule has 0 rings (SSSR count). The lowest BCUT2D eigenvalue weighted by Crippen LogP contribution is -2.58. The van der Waals surface area contributed by atoms with E-state index in [1.54, 1.807) is 0 Å². The zero-order valence-electron chi connectivity index (χ0n) is 16.6. The van der Waals surface area contributed by atoms with E-state index in [2.05, 4.69) is 25.0 Å². The summed E-state index contributed by atoms with van der Waals surface area (Å²) in [6.45, 7) is 16.6. The lowest BCUT2D eigenvalue weighted by atomic mass is 10.5. The number of alkyl carbamates (subject to hydrolysis) is 1. The van der Waals surface area contributed by atoms with Crippen LogP contribution in [0.1, 0.15) is 40.5 Å². The summed E-state index contributed by atoms with van der Waals surface area (Å²) in [5.74, 6) is 0. The topological polar surface area (TPSA) is 66.0 Å². The van der Waals surface area contributed by atoms with Crippen LogP contribution in [-0.2, 0) is 18.0 Å². The molecule has 0 aliphatic carbocycles. The second-order valence-corrected chi connectivity index (χ2v) is 15.1. The largest absolute Gasteiger partial charge is 0.544 e. The van der Waals surface area contributed by atoms with E-state index < -0.39 is 28.7 Å². The highest BCUT2D eigenvalue weighted by molar-refractivity contribution is 6.76. The van der Waals surface area contributed by atoms with E-state index in [0.29, 0.717) is 32.8 Å². The Bertz CT molecular complexity index is 333. The molecule has 1 amide bonds. The molecule has 24 heavy (non-hydrogen) atoms. The van der Waals surface area contributed by atoms with E-state index >= 15 is 0 Å². The highest BCUT2D eigenvalue weighted by Crippen LogP contribution is 2.21. The van der Waals surface area contributed by atoms with Crippen molar-refractivity contribution in [3.05, 3.63) is 0 Å². The van der Waals surface area contributed by atoms with E-state index in [1.807, 2.05) is 27.7 Å². The van der Waals surface area contributed by atoms with Gasteiger partial charge < -0.3 is 23.3 Å². The summed E-state index contributed by atoms with van der Waals surface area (Å²) < 4.78 is 23.1. The summed E-state index contributed by atoms with van der Waals surface area (Å²) in [4.78, 5) is 12.1. The molecule has 0 saturated heterocycles. The maximum Gasteiger partial charge on any atom is 0.544 e. The van der Waals surface area contributed by atoms with Crippen LogP contribution in [0.2, 0.25) is 25.7 Å². The summed E-state index contributed by atoms with van der Waals surface area (Å²) in [5.41, 5.74) is -0.491. The van der Waals surface area contributed by atoms with Crippen molar-refractivity contribution in [2.45, 2.75) is 71.9 Å². The molecule has 8 heteroatoms. The number of amides is 1. The van der Waals surface area contributed by atoms with E-state index in [1.165, 1.54) is 6.04 Å². The fourth-order valence-corrected chi connectivity index (χ4v) is 6.40. The number of carbonyl (C=O) groups excluding carboxylic acids is 1. The minimum atomic E-state index is -3.04. The second-order valence-electron chi connectivity index (χ2n) is 6.80. The first-order chi connectivity index (χ1) is 11.2. The average Bonchev–Trinajstić information content (AvgIpc) is 2.49. The lowest BCUT2D eigenvalue weighted by molar-refractivity contribution is 0.0122. The van der Waals surface area contributed by atoms with E-state index in [4.69, 9.17) is 18.0 Å². The summed E-state index contributed by atoms with van der Waals surface area (Å²) in [6, 6.07) is 1.18. The molecule has 1 atom stereocenters. The number of ether oxygens (including phenoxy) is 1. The first kappa shape index (κ1) is 23.6. The van der Waals surface area contributed by atoms with Gasteiger partial charge in [0.05, 0.1) is 0 Å². The number of carbonyl (C=O) groups is 1. The van der Waals surface area contributed by atoms with Crippen LogP contribution < -0.4 is 5.32 Å². The highest BCUT2D eigenvalue weighted by Gasteiger charge is 2.51. The van der Waals surface area contributed by atoms with Crippen molar-refractivity contribution in [1.29, 1.82) is 0 Å². The minimum Gasteiger partial charge on any atom is -0.442 e. The lowest BCUT2D eigenvalue weighted by Gasteiger charge is -2.34. The molecule has 0 aliphatic heterocycles. The van der Waals surface area contributed by atoms with Crippen molar-refractivity contribution in [3.8, 4) is 0 Å². The van der Waals surface area contributed by atoms with Crippen molar-refractivity contribution in [3.63, 3.8) is 0 Å². The normalized spacial score (nSPS) is 13.6. The molecule has 0 radical (unpaired) electrons. The van der Waals surface area contributed by atoms with Crippen molar-refractivity contribution in [2.75, 3.05) is 26.4 Å². The third-order valence-corrected chi connectivity index (χ3v) is 8.67. The van der Waals surface area contributed by atoms with Crippen LogP contribution in [0.5, 0.6) is 0 Å². The fraction of sp³-hybridized carbons (Fsp3) is 0.938. The Morgan fingerprint density at radius 2 is 1.46 bits per heavy atom. The van der Waals surface area contributed by atoms with E-state index in [0.717, 1.165) is 6.42 Å². The maximum atomic E-state index is 12.1. The van der Waals surface area contributed by atoms with Crippen LogP contribution in [0.4, 0.5) is 4.79 Å². The first-order valence-corrected chi connectivity index (χ1v) is 14.6. The quantitative estimate of drug-likeness (QED) is 0.389. The molecular weight excluding hydrogens is 342 g/mol. The molecule has 0 aromatic rings. The average molecular weight is 380 g/mol. The Morgan fingerprint density at radius 1 is 0.958 bits per heavy atom. The Kier molecular flexibility index (Phi) is 11.8. The van der Waals surface area contributed by atoms with Gasteiger partial charge in [-0.05, 0) is 33.6 Å². The predicted octanol–water partition coefficient (Wildman–Crippen LogP) is 3.81. The van der Waals surface area contributed by atoms with Gasteiger partial charge in [-0.15, -0.1) is 0 Å². The van der Waals surface area contributed by atoms with Crippen LogP contribution >= 0.6 is 0 Å². The molecule has 144 valence electrons. The monoisotopic (exact) mass is 379 g/mol. The van der Waals surface area contributed by atoms with Gasteiger partial charge in [-0.2, -0.15) is 0 Å². The summed E-state index contributed by atoms with van der Waals surface area (Å²) >= 11 is 0. The van der Waals surface area contributed by atoms with Crippen LogP contribution in [0.3, 0.4) is 0 Å². The van der Waals surface area contributed by atoms with Gasteiger partial charge in [-0.3, -0.25) is 0 Å². The van der Waals surface area contributed by atoms with Gasteiger partial charge in [-0.1, -0.05) is 32.6 Å². The van der Waals surface area contributed by atoms with Gasteiger partial charge in [0.2, 0.25) is 0 Å². The molecule has 0 saturated carbocycles. The van der Waals surface area contributed by atoms with E-state index in [-0.39, 0.29) is 0 Å². The SMILES string of the molecule is CCO[Si](OCC)(OCC)C(CC)OC(=O)NCCC[Si](C)(C)C. The number of nitrogens with one attached hydrogen (secondary N) is 1. The molecule has 0 aliphatic rings. The zero-order valence-corrected chi connectivity index (χ0v) is 18.6. The van der Waals surface area contributed by atoms with Gasteiger partial charge in [0.25, 0.3) is 0 Å². The highest BCUT2D eigenvalue weighted by atomic mass is 28.4. The van der Waals surface area contributed by atoms with Crippen molar-refractivity contribution < 1.29 is 22.8 Å². The number of rotatable bonds is 13. The Morgan fingerprint density at radius 3 is 1.83 bits per heavy atom. The molecule has 0 aromatic heterocycles. The van der Waals surface area contributed by atoms with Crippen molar-refractivity contribution in [2.24, 2.45) is 0 Å². The van der Waals surface area contributed by atoms with Gasteiger partial charge in [0, 0.05) is 34.4 Å². The van der Waals surface area contributed by atoms with Crippen LogP contribution in [-0.4, -0.2) is 55.1 Å². The van der Waals surface area contributed by atoms with Crippen LogP contribution in [0.15, 0.2) is 0 Å². The fourth-order valence-electron chi connectivity index (χ4n) is 2.39. The molecule has 0 spiro atoms. The van der Waals surface area contributed by atoms with Crippen molar-refractivity contribution in [1.82, 2.24) is 5.32 Å². The molecule has 1 unspecified atom stereocenters. The zero-order chi connectivity index (χ0) is 18.6. The molecule has 6 nitrogen and oxygen atoms in total. The van der Waals surface area contributed by atoms with Crippen LogP contribution in [0.25, 0.3) is 0 Å². The van der Waals surface area contributed by atoms with E-state index in [9.17, 15) is 4.79 Å². The maximum absolute atomic E-state index is 12.1. The van der Waals surface area contributed by atoms with Gasteiger partial charge >= 0.3 is 14.9 Å². The molecule has 1 N–H and O–H groups in total. The standard InChI is InChI=1S/C16H37NO5Si2/c1-8-15(24(19-9-2,20-10-3)21-11-4)22-16(18)17-13-12-14-23(5,6)7/h15H,8-14H2,1-7H3,(H,17,18). The Hall–Kier alpha value is -0.416. The van der Waals surface area contributed by atoms with Gasteiger partial charge in [-0.25, -0.2) is 4.79 Å². The molecule has 0 fully saturated rings. The van der Waals surface area contributed by atoms with Crippen LogP contribution in [0, 0.1) is 0 Å². The molecular formula is C16H37NO5Si2. The molecule has 0 bridgehead atoms. The number of hydrogen-bond donors (Lipinski definition) is 1. The van der Waals surface area contributed by atoms with Gasteiger partial charge in [0.15, 0.2) is 5.73 Å². The third-order valence-electron chi connectivity index (χ3n) is 3.42. The van der Waals surface area contributed by atoms with Gasteiger partial charge in [0.1, 0.15) is 0 Å². The Labute approximate surface area is 150 Å². The summed E-state index contributed by atoms with van der Waals surface area (Å²) in [6.07, 6.45) is 1.15. The van der Waals surface area contributed by atoms with Crippen molar-refractivity contribution >= 4 is 23.0 Å². The summed E-state index contributed by atoms with van der Waals surface area (Å²) in [7, 11) is -4.12. The second kappa shape index (κ2) is 12.0.